The highest BCUT2D eigenvalue weighted by atomic mass is 19.1. The molecule has 1 aliphatic rings. The first-order valence-electron chi connectivity index (χ1n) is 5.99. The summed E-state index contributed by atoms with van der Waals surface area (Å²) < 4.78 is 18.2. The van der Waals surface area contributed by atoms with Gasteiger partial charge < -0.3 is 15.2 Å². The van der Waals surface area contributed by atoms with Crippen LogP contribution < -0.4 is 5.32 Å². The number of hydrogen-bond acceptors (Lipinski definition) is 3. The molecule has 0 radical (unpaired) electrons. The predicted octanol–water partition coefficient (Wildman–Crippen LogP) is 2.36. The van der Waals surface area contributed by atoms with Crippen molar-refractivity contribution in [1.82, 2.24) is 5.32 Å². The van der Waals surface area contributed by atoms with Crippen LogP contribution in [0.2, 0.25) is 0 Å². The van der Waals surface area contributed by atoms with E-state index in [9.17, 15) is 9.50 Å². The third kappa shape index (κ3) is 3.17. The second-order valence-electron chi connectivity index (χ2n) is 4.48. The molecule has 0 aromatic heterocycles. The molecule has 4 heteroatoms. The second-order valence-corrected chi connectivity index (χ2v) is 4.48. The van der Waals surface area contributed by atoms with E-state index in [2.05, 4.69) is 5.32 Å². The largest absolute Gasteiger partial charge is 0.508 e. The maximum Gasteiger partial charge on any atom is 0.126 e. The summed E-state index contributed by atoms with van der Waals surface area (Å²) in [6, 6.07) is 4.57. The zero-order valence-corrected chi connectivity index (χ0v) is 9.95. The maximum absolute atomic E-state index is 12.9. The molecule has 1 unspecified atom stereocenters. The van der Waals surface area contributed by atoms with Crippen molar-refractivity contribution in [1.29, 1.82) is 0 Å². The molecule has 1 heterocycles. The number of phenols is 1. The number of ether oxygens (including phenoxy) is 1. The lowest BCUT2D eigenvalue weighted by atomic mass is 10.0. The first-order valence-corrected chi connectivity index (χ1v) is 5.99. The lowest BCUT2D eigenvalue weighted by Crippen LogP contribution is -2.36. The molecule has 0 bridgehead atoms. The first kappa shape index (κ1) is 12.3. The minimum atomic E-state index is -0.412. The quantitative estimate of drug-likeness (QED) is 0.850. The van der Waals surface area contributed by atoms with E-state index < -0.39 is 5.82 Å². The van der Waals surface area contributed by atoms with Crippen LogP contribution in [0.1, 0.15) is 31.4 Å². The van der Waals surface area contributed by atoms with Gasteiger partial charge in [0.15, 0.2) is 0 Å². The van der Waals surface area contributed by atoms with Crippen molar-refractivity contribution >= 4 is 0 Å². The first-order chi connectivity index (χ1) is 8.16. The fourth-order valence-corrected chi connectivity index (χ4v) is 2.19. The number of nitrogens with one attached hydrogen (secondary N) is 1. The summed E-state index contributed by atoms with van der Waals surface area (Å²) in [7, 11) is 0. The highest BCUT2D eigenvalue weighted by Crippen LogP contribution is 2.25. The van der Waals surface area contributed by atoms with Gasteiger partial charge in [-0.25, -0.2) is 4.39 Å². The Morgan fingerprint density at radius 3 is 2.76 bits per heavy atom. The van der Waals surface area contributed by atoms with Crippen LogP contribution in [0, 0.1) is 5.82 Å². The average molecular weight is 239 g/mol. The molecule has 2 rings (SSSR count). The molecule has 1 fully saturated rings. The van der Waals surface area contributed by atoms with Crippen LogP contribution in [0.25, 0.3) is 0 Å². The van der Waals surface area contributed by atoms with Gasteiger partial charge in [-0.3, -0.25) is 0 Å². The zero-order valence-electron chi connectivity index (χ0n) is 9.95. The van der Waals surface area contributed by atoms with E-state index in [-0.39, 0.29) is 11.8 Å². The predicted molar refractivity (Wildman–Crippen MR) is 63.5 cm³/mol. The summed E-state index contributed by atoms with van der Waals surface area (Å²) in [5, 5.41) is 13.1. The number of hydrogen-bond donors (Lipinski definition) is 2. The fraction of sp³-hybridized carbons (Fsp3) is 0.538. The zero-order chi connectivity index (χ0) is 12.3. The summed E-state index contributed by atoms with van der Waals surface area (Å²) in [5.74, 6) is -0.401. The van der Waals surface area contributed by atoms with Gasteiger partial charge in [0, 0.05) is 36.9 Å². The van der Waals surface area contributed by atoms with Gasteiger partial charge in [-0.1, -0.05) is 6.07 Å². The Labute approximate surface area is 101 Å². The Morgan fingerprint density at radius 1 is 1.41 bits per heavy atom. The van der Waals surface area contributed by atoms with Gasteiger partial charge in [0.25, 0.3) is 0 Å². The lowest BCUT2D eigenvalue weighted by Gasteiger charge is -2.27. The number of rotatable bonds is 3. The Kier molecular flexibility index (Phi) is 3.97. The van der Waals surface area contributed by atoms with Crippen molar-refractivity contribution in [2.75, 3.05) is 13.2 Å². The van der Waals surface area contributed by atoms with E-state index in [1.54, 1.807) is 6.07 Å². The standard InChI is InChI=1S/C13H18FNO2/c1-9(15-11-4-6-17-7-5-11)12-3-2-10(14)8-13(12)16/h2-3,8-9,11,15-16H,4-7H2,1H3. The van der Waals surface area contributed by atoms with Gasteiger partial charge in [0.2, 0.25) is 0 Å². The molecular formula is C13H18FNO2. The molecule has 0 aliphatic carbocycles. The maximum atomic E-state index is 12.9. The Hall–Kier alpha value is -1.13. The summed E-state index contributed by atoms with van der Waals surface area (Å²) >= 11 is 0. The lowest BCUT2D eigenvalue weighted by molar-refractivity contribution is 0.0754. The van der Waals surface area contributed by atoms with Crippen LogP contribution in [0.5, 0.6) is 5.75 Å². The molecular weight excluding hydrogens is 221 g/mol. The van der Waals surface area contributed by atoms with Gasteiger partial charge in [-0.15, -0.1) is 0 Å². The summed E-state index contributed by atoms with van der Waals surface area (Å²) in [6.07, 6.45) is 1.96. The highest BCUT2D eigenvalue weighted by molar-refractivity contribution is 5.34. The molecule has 0 amide bonds. The third-order valence-corrected chi connectivity index (χ3v) is 3.17. The Balaban J connectivity index is 2.00. The number of halogens is 1. The topological polar surface area (TPSA) is 41.5 Å². The van der Waals surface area contributed by atoms with Crippen molar-refractivity contribution < 1.29 is 14.2 Å². The molecule has 1 aliphatic heterocycles. The van der Waals surface area contributed by atoms with E-state index in [0.717, 1.165) is 37.7 Å². The molecule has 3 nitrogen and oxygen atoms in total. The van der Waals surface area contributed by atoms with Crippen molar-refractivity contribution in [3.05, 3.63) is 29.6 Å². The van der Waals surface area contributed by atoms with Crippen LogP contribution in [0.15, 0.2) is 18.2 Å². The van der Waals surface area contributed by atoms with E-state index in [4.69, 9.17) is 4.74 Å². The van der Waals surface area contributed by atoms with E-state index >= 15 is 0 Å². The number of phenolic OH excluding ortho intramolecular Hbond substituents is 1. The fourth-order valence-electron chi connectivity index (χ4n) is 2.19. The highest BCUT2D eigenvalue weighted by Gasteiger charge is 2.18. The SMILES string of the molecule is CC(NC1CCOCC1)c1ccc(F)cc1O. The average Bonchev–Trinajstić information content (AvgIpc) is 2.30. The Bertz CT molecular complexity index is 378. The summed E-state index contributed by atoms with van der Waals surface area (Å²) in [5.41, 5.74) is 0.734. The normalized spacial score (nSPS) is 19.2. The summed E-state index contributed by atoms with van der Waals surface area (Å²) in [4.78, 5) is 0. The van der Waals surface area contributed by atoms with Gasteiger partial charge in [-0.2, -0.15) is 0 Å². The van der Waals surface area contributed by atoms with Crippen LogP contribution >= 0.6 is 0 Å². The molecule has 94 valence electrons. The third-order valence-electron chi connectivity index (χ3n) is 3.17. The molecule has 17 heavy (non-hydrogen) atoms. The van der Waals surface area contributed by atoms with Crippen molar-refractivity contribution in [3.63, 3.8) is 0 Å². The minimum Gasteiger partial charge on any atom is -0.508 e. The van der Waals surface area contributed by atoms with E-state index in [0.29, 0.717) is 6.04 Å². The molecule has 1 aromatic rings. The van der Waals surface area contributed by atoms with Crippen LogP contribution in [0.4, 0.5) is 4.39 Å². The van der Waals surface area contributed by atoms with Gasteiger partial charge in [0.05, 0.1) is 0 Å². The number of aromatic hydroxyl groups is 1. The molecule has 0 spiro atoms. The molecule has 1 aromatic carbocycles. The van der Waals surface area contributed by atoms with Gasteiger partial charge in [0.1, 0.15) is 11.6 Å². The summed E-state index contributed by atoms with van der Waals surface area (Å²) in [6.45, 7) is 3.53. The number of benzene rings is 1. The molecule has 1 atom stereocenters. The van der Waals surface area contributed by atoms with Crippen LogP contribution in [0.3, 0.4) is 0 Å². The van der Waals surface area contributed by atoms with E-state index in [1.165, 1.54) is 6.07 Å². The van der Waals surface area contributed by atoms with Crippen molar-refractivity contribution in [2.24, 2.45) is 0 Å². The molecule has 0 saturated carbocycles. The van der Waals surface area contributed by atoms with E-state index in [1.807, 2.05) is 6.92 Å². The van der Waals surface area contributed by atoms with Gasteiger partial charge in [-0.05, 0) is 25.8 Å². The molecule has 1 saturated heterocycles. The minimum absolute atomic E-state index is 0.0112. The Morgan fingerprint density at radius 2 is 2.12 bits per heavy atom. The smallest absolute Gasteiger partial charge is 0.126 e. The van der Waals surface area contributed by atoms with Gasteiger partial charge >= 0.3 is 0 Å². The molecule has 2 N–H and O–H groups in total. The van der Waals surface area contributed by atoms with Crippen LogP contribution in [-0.4, -0.2) is 24.4 Å². The van der Waals surface area contributed by atoms with Crippen LogP contribution in [-0.2, 0) is 4.74 Å². The second kappa shape index (κ2) is 5.47. The van der Waals surface area contributed by atoms with Crippen molar-refractivity contribution in [3.8, 4) is 5.75 Å². The van der Waals surface area contributed by atoms with Crippen molar-refractivity contribution in [2.45, 2.75) is 31.8 Å². The monoisotopic (exact) mass is 239 g/mol.